The average molecular weight is 425 g/mol. The van der Waals surface area contributed by atoms with Crippen molar-refractivity contribution in [1.82, 2.24) is 0 Å². The Morgan fingerprint density at radius 1 is 1.17 bits per heavy atom. The molecule has 1 saturated heterocycles. The highest BCUT2D eigenvalue weighted by atomic mass is 35.5. The molecule has 10 heteroatoms. The van der Waals surface area contributed by atoms with Crippen LogP contribution in [0.1, 0.15) is 16.8 Å². The van der Waals surface area contributed by atoms with E-state index in [0.717, 1.165) is 0 Å². The fraction of sp³-hybridized carbons (Fsp3) is 0.421. The number of aliphatic hydroxyl groups excluding tert-OH is 3. The normalized spacial score (nSPS) is 31.7. The molecule has 2 unspecified atom stereocenters. The van der Waals surface area contributed by atoms with Crippen LogP contribution in [-0.4, -0.2) is 64.1 Å². The minimum atomic E-state index is -1.86. The largest absolute Gasteiger partial charge is 0.463 e. The molecule has 0 amide bonds. The maximum atomic E-state index is 12.7. The molecule has 0 radical (unpaired) electrons. The highest BCUT2D eigenvalue weighted by Gasteiger charge is 2.50. The second-order valence-electron chi connectivity index (χ2n) is 7.10. The molecule has 1 aromatic heterocycles. The third-order valence-electron chi connectivity index (χ3n) is 5.13. The fourth-order valence-corrected chi connectivity index (χ4v) is 3.64. The van der Waals surface area contributed by atoms with Crippen molar-refractivity contribution in [3.05, 3.63) is 35.0 Å². The summed E-state index contributed by atoms with van der Waals surface area (Å²) in [6, 6.07) is 4.80. The standard InChI is InChI=1S/C19H17ClO9/c20-11-4-8(3-7-1-2-27-17(7)11)13(21)9-5-10(9)18(25)28-6-12-14(22)15(23)16(24)19(26)29-12/h1-4,9-10,12,14,16,19,22,24,26H,5-6H2/t9-,10-,12?,14+,16+,19?/m0/s1. The van der Waals surface area contributed by atoms with E-state index in [-0.39, 0.29) is 5.78 Å². The number of halogens is 1. The lowest BCUT2D eigenvalue weighted by atomic mass is 10.0. The van der Waals surface area contributed by atoms with Crippen molar-refractivity contribution in [2.45, 2.75) is 31.0 Å². The molecule has 2 fully saturated rings. The predicted octanol–water partition coefficient (Wildman–Crippen LogP) is 0.456. The maximum Gasteiger partial charge on any atom is 0.309 e. The summed E-state index contributed by atoms with van der Waals surface area (Å²) in [5.41, 5.74) is 0.834. The Labute approximate surface area is 168 Å². The SMILES string of the molecule is O=C(OCC1OC(O)[C@H](O)C(=O)[C@@H]1O)[C@H]1C[C@@H]1C(=O)c1cc(Cl)c2occc2c1. The van der Waals surface area contributed by atoms with Gasteiger partial charge in [-0.15, -0.1) is 0 Å². The number of Topliss-reactive ketones (excluding diaryl/α,β-unsaturated/α-hetero) is 2. The minimum absolute atomic E-state index is 0.250. The van der Waals surface area contributed by atoms with Crippen molar-refractivity contribution < 1.29 is 43.6 Å². The van der Waals surface area contributed by atoms with Crippen molar-refractivity contribution in [3.63, 3.8) is 0 Å². The van der Waals surface area contributed by atoms with E-state index in [2.05, 4.69) is 0 Å². The quantitative estimate of drug-likeness (QED) is 0.460. The van der Waals surface area contributed by atoms with E-state index < -0.39 is 54.8 Å². The molecule has 1 saturated carbocycles. The smallest absolute Gasteiger partial charge is 0.309 e. The van der Waals surface area contributed by atoms with Gasteiger partial charge in [-0.25, -0.2) is 0 Å². The van der Waals surface area contributed by atoms with Crippen LogP contribution >= 0.6 is 11.6 Å². The van der Waals surface area contributed by atoms with Crippen molar-refractivity contribution in [1.29, 1.82) is 0 Å². The van der Waals surface area contributed by atoms with Crippen molar-refractivity contribution in [2.75, 3.05) is 6.61 Å². The molecule has 4 rings (SSSR count). The van der Waals surface area contributed by atoms with Gasteiger partial charge in [0.15, 0.2) is 29.5 Å². The monoisotopic (exact) mass is 424 g/mol. The Kier molecular flexibility index (Phi) is 5.18. The third-order valence-corrected chi connectivity index (χ3v) is 5.41. The Morgan fingerprint density at radius 3 is 2.69 bits per heavy atom. The van der Waals surface area contributed by atoms with Crippen molar-refractivity contribution >= 4 is 40.1 Å². The van der Waals surface area contributed by atoms with Crippen LogP contribution in [0, 0.1) is 11.8 Å². The molecule has 29 heavy (non-hydrogen) atoms. The minimum Gasteiger partial charge on any atom is -0.463 e. The molecule has 1 aliphatic heterocycles. The van der Waals surface area contributed by atoms with Crippen LogP contribution in [0.25, 0.3) is 11.0 Å². The number of furan rings is 1. The number of carbonyl (C=O) groups excluding carboxylic acids is 3. The number of rotatable bonds is 5. The van der Waals surface area contributed by atoms with E-state index in [9.17, 15) is 29.7 Å². The van der Waals surface area contributed by atoms with Gasteiger partial charge in [0.1, 0.15) is 18.8 Å². The highest BCUT2D eigenvalue weighted by molar-refractivity contribution is 6.35. The molecule has 9 nitrogen and oxygen atoms in total. The molecular formula is C19H17ClO9. The molecule has 6 atom stereocenters. The van der Waals surface area contributed by atoms with Crippen LogP contribution in [0.2, 0.25) is 5.02 Å². The first-order chi connectivity index (χ1) is 13.8. The van der Waals surface area contributed by atoms with Gasteiger partial charge in [-0.3, -0.25) is 14.4 Å². The number of aliphatic hydroxyl groups is 3. The first-order valence-corrected chi connectivity index (χ1v) is 9.26. The van der Waals surface area contributed by atoms with Gasteiger partial charge in [0.25, 0.3) is 0 Å². The van der Waals surface area contributed by atoms with Crippen LogP contribution in [0.15, 0.2) is 28.9 Å². The predicted molar refractivity (Wildman–Crippen MR) is 96.0 cm³/mol. The lowest BCUT2D eigenvalue weighted by Crippen LogP contribution is -2.56. The highest BCUT2D eigenvalue weighted by Crippen LogP contribution is 2.43. The zero-order chi connectivity index (χ0) is 20.9. The number of esters is 1. The molecule has 2 aliphatic rings. The first kappa shape index (κ1) is 20.0. The summed E-state index contributed by atoms with van der Waals surface area (Å²) in [6.45, 7) is -0.500. The van der Waals surface area contributed by atoms with Crippen LogP contribution in [-0.2, 0) is 19.1 Å². The van der Waals surface area contributed by atoms with Gasteiger partial charge in [-0.1, -0.05) is 11.6 Å². The van der Waals surface area contributed by atoms with E-state index in [1.165, 1.54) is 12.3 Å². The van der Waals surface area contributed by atoms with E-state index in [4.69, 9.17) is 25.5 Å². The number of carbonyl (C=O) groups is 3. The molecule has 154 valence electrons. The summed E-state index contributed by atoms with van der Waals surface area (Å²) in [7, 11) is 0. The topological polar surface area (TPSA) is 144 Å². The summed E-state index contributed by atoms with van der Waals surface area (Å²) in [5.74, 6) is -3.17. The van der Waals surface area contributed by atoms with Gasteiger partial charge in [-0.2, -0.15) is 0 Å². The number of benzene rings is 1. The van der Waals surface area contributed by atoms with Crippen LogP contribution in [0.5, 0.6) is 0 Å². The maximum absolute atomic E-state index is 12.7. The van der Waals surface area contributed by atoms with E-state index in [1.54, 1.807) is 12.1 Å². The Morgan fingerprint density at radius 2 is 1.93 bits per heavy atom. The fourth-order valence-electron chi connectivity index (χ4n) is 3.37. The zero-order valence-corrected chi connectivity index (χ0v) is 15.6. The summed E-state index contributed by atoms with van der Waals surface area (Å²) < 4.78 is 15.2. The Balaban J connectivity index is 1.35. The summed E-state index contributed by atoms with van der Waals surface area (Å²) in [6.07, 6.45) is -4.95. The van der Waals surface area contributed by atoms with Crippen LogP contribution in [0.3, 0.4) is 0 Å². The average Bonchev–Trinajstić information content (AvgIpc) is 3.36. The van der Waals surface area contributed by atoms with E-state index in [1.807, 2.05) is 0 Å². The van der Waals surface area contributed by atoms with Crippen LogP contribution < -0.4 is 0 Å². The van der Waals surface area contributed by atoms with Gasteiger partial charge in [0.2, 0.25) is 0 Å². The number of hydrogen-bond donors (Lipinski definition) is 3. The van der Waals surface area contributed by atoms with Gasteiger partial charge in [0, 0.05) is 16.9 Å². The number of ether oxygens (including phenoxy) is 2. The number of fused-ring (bicyclic) bond motifs is 1. The lowest BCUT2D eigenvalue weighted by Gasteiger charge is -2.32. The van der Waals surface area contributed by atoms with Crippen molar-refractivity contribution in [2.24, 2.45) is 11.8 Å². The molecular weight excluding hydrogens is 408 g/mol. The van der Waals surface area contributed by atoms with Gasteiger partial charge in [0.05, 0.1) is 17.2 Å². The third kappa shape index (κ3) is 3.67. The summed E-state index contributed by atoms with van der Waals surface area (Å²) in [4.78, 5) is 36.5. The number of hydrogen-bond acceptors (Lipinski definition) is 9. The molecule has 1 aliphatic carbocycles. The van der Waals surface area contributed by atoms with Gasteiger partial charge < -0.3 is 29.2 Å². The molecule has 1 aromatic carbocycles. The molecule has 2 heterocycles. The van der Waals surface area contributed by atoms with Gasteiger partial charge in [-0.05, 0) is 24.6 Å². The first-order valence-electron chi connectivity index (χ1n) is 8.89. The second-order valence-corrected chi connectivity index (χ2v) is 7.50. The Bertz CT molecular complexity index is 983. The molecule has 2 aromatic rings. The van der Waals surface area contributed by atoms with Crippen molar-refractivity contribution in [3.8, 4) is 0 Å². The Hall–Kier alpha value is -2.30. The van der Waals surface area contributed by atoms with Gasteiger partial charge >= 0.3 is 5.97 Å². The van der Waals surface area contributed by atoms with E-state index >= 15 is 0 Å². The molecule has 0 bridgehead atoms. The molecule has 3 N–H and O–H groups in total. The molecule has 0 spiro atoms. The summed E-state index contributed by atoms with van der Waals surface area (Å²) >= 11 is 6.11. The lowest BCUT2D eigenvalue weighted by molar-refractivity contribution is -0.240. The van der Waals surface area contributed by atoms with Crippen LogP contribution in [0.4, 0.5) is 0 Å². The number of ketones is 2. The van der Waals surface area contributed by atoms with E-state index in [0.29, 0.717) is 28.0 Å². The zero-order valence-electron chi connectivity index (χ0n) is 14.9. The second kappa shape index (κ2) is 7.51. The summed E-state index contributed by atoms with van der Waals surface area (Å²) in [5, 5.41) is 29.5.